The van der Waals surface area contributed by atoms with Gasteiger partial charge in [0.15, 0.2) is 0 Å². The Morgan fingerprint density at radius 2 is 2.17 bits per heavy atom. The molecule has 18 heavy (non-hydrogen) atoms. The van der Waals surface area contributed by atoms with Gasteiger partial charge >= 0.3 is 0 Å². The van der Waals surface area contributed by atoms with Crippen molar-refractivity contribution in [3.05, 3.63) is 24.0 Å². The maximum absolute atomic E-state index is 5.55. The van der Waals surface area contributed by atoms with Crippen LogP contribution in [-0.4, -0.2) is 38.0 Å². The number of hydrogen-bond donors (Lipinski definition) is 1. The second kappa shape index (κ2) is 10.1. The van der Waals surface area contributed by atoms with Crippen molar-refractivity contribution in [1.29, 1.82) is 0 Å². The molecule has 0 aliphatic carbocycles. The van der Waals surface area contributed by atoms with Gasteiger partial charge in [-0.15, -0.1) is 0 Å². The van der Waals surface area contributed by atoms with E-state index >= 15 is 0 Å². The van der Waals surface area contributed by atoms with E-state index in [1.54, 1.807) is 7.11 Å². The highest BCUT2D eigenvalue weighted by atomic mass is 16.5. The molecule has 0 saturated heterocycles. The van der Waals surface area contributed by atoms with Crippen LogP contribution in [0.1, 0.15) is 25.3 Å². The van der Waals surface area contributed by atoms with Crippen LogP contribution in [0.25, 0.3) is 0 Å². The minimum absolute atomic E-state index is 0.756. The Kier molecular flexibility index (Phi) is 8.55. The quantitative estimate of drug-likeness (QED) is 0.614. The molecule has 0 atom stereocenters. The highest BCUT2D eigenvalue weighted by Gasteiger charge is 1.97. The Balaban J connectivity index is 2.10. The highest BCUT2D eigenvalue weighted by molar-refractivity contribution is 5.09. The predicted octanol–water partition coefficient (Wildman–Crippen LogP) is 2.04. The zero-order chi connectivity index (χ0) is 13.1. The Hall–Kier alpha value is -0.840. The first-order chi connectivity index (χ1) is 8.86. The lowest BCUT2D eigenvalue weighted by Crippen LogP contribution is -2.18. The molecular formula is C14H26N2O2. The van der Waals surface area contributed by atoms with Crippen molar-refractivity contribution in [3.8, 4) is 0 Å². The van der Waals surface area contributed by atoms with Crippen molar-refractivity contribution in [2.75, 3.05) is 33.5 Å². The lowest BCUT2D eigenvalue weighted by Gasteiger charge is -2.04. The van der Waals surface area contributed by atoms with Gasteiger partial charge in [0.2, 0.25) is 0 Å². The van der Waals surface area contributed by atoms with Crippen LogP contribution in [0.5, 0.6) is 0 Å². The summed E-state index contributed by atoms with van der Waals surface area (Å²) in [7, 11) is 1.72. The van der Waals surface area contributed by atoms with Crippen molar-refractivity contribution in [2.45, 2.75) is 32.9 Å². The van der Waals surface area contributed by atoms with E-state index in [-0.39, 0.29) is 0 Å². The standard InChI is InChI=1S/C14H26N2O2/c1-3-4-9-18-11-8-16-7-5-14(13-16)12-15-6-10-17-2/h5,7,13,15H,3-4,6,8-12H2,1-2H3. The Morgan fingerprint density at radius 3 is 2.94 bits per heavy atom. The minimum Gasteiger partial charge on any atom is -0.383 e. The molecule has 104 valence electrons. The fraction of sp³-hybridized carbons (Fsp3) is 0.714. The number of aromatic nitrogens is 1. The van der Waals surface area contributed by atoms with Gasteiger partial charge in [-0.05, 0) is 18.1 Å². The molecular weight excluding hydrogens is 228 g/mol. The van der Waals surface area contributed by atoms with E-state index in [4.69, 9.17) is 9.47 Å². The van der Waals surface area contributed by atoms with Crippen LogP contribution in [0.15, 0.2) is 18.5 Å². The molecule has 1 N–H and O–H groups in total. The first-order valence-electron chi connectivity index (χ1n) is 6.79. The first-order valence-corrected chi connectivity index (χ1v) is 6.79. The van der Waals surface area contributed by atoms with Gasteiger partial charge in [-0.2, -0.15) is 0 Å². The Morgan fingerprint density at radius 1 is 1.28 bits per heavy atom. The second-order valence-corrected chi connectivity index (χ2v) is 4.39. The van der Waals surface area contributed by atoms with Crippen molar-refractivity contribution in [2.24, 2.45) is 0 Å². The largest absolute Gasteiger partial charge is 0.383 e. The van der Waals surface area contributed by atoms with Crippen LogP contribution < -0.4 is 5.32 Å². The van der Waals surface area contributed by atoms with Gasteiger partial charge in [0, 0.05) is 45.7 Å². The number of rotatable bonds is 11. The van der Waals surface area contributed by atoms with Gasteiger partial charge in [0.25, 0.3) is 0 Å². The summed E-state index contributed by atoms with van der Waals surface area (Å²) >= 11 is 0. The van der Waals surface area contributed by atoms with Crippen LogP contribution in [0, 0.1) is 0 Å². The van der Waals surface area contributed by atoms with Gasteiger partial charge in [0.1, 0.15) is 0 Å². The van der Waals surface area contributed by atoms with Crippen LogP contribution >= 0.6 is 0 Å². The van der Waals surface area contributed by atoms with Crippen LogP contribution in [0.4, 0.5) is 0 Å². The van der Waals surface area contributed by atoms with Crippen molar-refractivity contribution in [1.82, 2.24) is 9.88 Å². The monoisotopic (exact) mass is 254 g/mol. The van der Waals surface area contributed by atoms with E-state index in [9.17, 15) is 0 Å². The molecule has 0 saturated carbocycles. The fourth-order valence-corrected chi connectivity index (χ4v) is 1.66. The number of nitrogens with zero attached hydrogens (tertiary/aromatic N) is 1. The molecule has 1 aromatic rings. The summed E-state index contributed by atoms with van der Waals surface area (Å²) in [6.45, 7) is 7.33. The molecule has 0 aliphatic rings. The predicted molar refractivity (Wildman–Crippen MR) is 73.7 cm³/mol. The molecule has 4 nitrogen and oxygen atoms in total. The van der Waals surface area contributed by atoms with Crippen LogP contribution in [0.3, 0.4) is 0 Å². The van der Waals surface area contributed by atoms with E-state index in [1.807, 2.05) is 0 Å². The maximum atomic E-state index is 5.55. The van der Waals surface area contributed by atoms with E-state index in [0.717, 1.165) is 45.9 Å². The minimum atomic E-state index is 0.756. The van der Waals surface area contributed by atoms with Crippen LogP contribution in [0.2, 0.25) is 0 Å². The number of methoxy groups -OCH3 is 1. The topological polar surface area (TPSA) is 35.4 Å². The Bertz CT molecular complexity index is 300. The SMILES string of the molecule is CCCCOCCn1ccc(CNCCOC)c1. The van der Waals surface area contributed by atoms with Gasteiger partial charge in [-0.25, -0.2) is 0 Å². The molecule has 0 unspecified atom stereocenters. The molecule has 1 aromatic heterocycles. The fourth-order valence-electron chi connectivity index (χ4n) is 1.66. The first kappa shape index (κ1) is 15.2. The summed E-state index contributed by atoms with van der Waals surface area (Å²) in [4.78, 5) is 0. The third-order valence-corrected chi connectivity index (χ3v) is 2.76. The van der Waals surface area contributed by atoms with E-state index in [0.29, 0.717) is 0 Å². The smallest absolute Gasteiger partial charge is 0.0645 e. The third kappa shape index (κ3) is 6.79. The van der Waals surface area contributed by atoms with E-state index in [2.05, 4.69) is 35.3 Å². The molecule has 0 bridgehead atoms. The van der Waals surface area contributed by atoms with Crippen molar-refractivity contribution in [3.63, 3.8) is 0 Å². The maximum Gasteiger partial charge on any atom is 0.0645 e. The molecule has 0 spiro atoms. The summed E-state index contributed by atoms with van der Waals surface area (Å²) in [5.74, 6) is 0. The number of hydrogen-bond acceptors (Lipinski definition) is 3. The zero-order valence-corrected chi connectivity index (χ0v) is 11.7. The molecule has 0 radical (unpaired) electrons. The molecule has 0 amide bonds. The lowest BCUT2D eigenvalue weighted by atomic mass is 10.3. The average molecular weight is 254 g/mol. The van der Waals surface area contributed by atoms with E-state index < -0.39 is 0 Å². The number of unbranched alkanes of at least 4 members (excludes halogenated alkanes) is 1. The number of ether oxygens (including phenoxy) is 2. The van der Waals surface area contributed by atoms with Gasteiger partial charge < -0.3 is 19.4 Å². The van der Waals surface area contributed by atoms with Gasteiger partial charge in [0.05, 0.1) is 13.2 Å². The number of nitrogens with one attached hydrogen (secondary N) is 1. The molecule has 0 fully saturated rings. The Labute approximate surface area is 110 Å². The molecule has 1 rings (SSSR count). The molecule has 4 heteroatoms. The summed E-state index contributed by atoms with van der Waals surface area (Å²) in [5, 5.41) is 3.33. The summed E-state index contributed by atoms with van der Waals surface area (Å²) < 4.78 is 12.7. The third-order valence-electron chi connectivity index (χ3n) is 2.76. The molecule has 0 aliphatic heterocycles. The second-order valence-electron chi connectivity index (χ2n) is 4.39. The van der Waals surface area contributed by atoms with Gasteiger partial charge in [-0.1, -0.05) is 13.3 Å². The normalized spacial score (nSPS) is 11.0. The summed E-state index contributed by atoms with van der Waals surface area (Å²) in [5.41, 5.74) is 1.31. The highest BCUT2D eigenvalue weighted by Crippen LogP contribution is 2.01. The van der Waals surface area contributed by atoms with Crippen molar-refractivity contribution < 1.29 is 9.47 Å². The lowest BCUT2D eigenvalue weighted by molar-refractivity contribution is 0.123. The summed E-state index contributed by atoms with van der Waals surface area (Å²) in [6.07, 6.45) is 6.63. The van der Waals surface area contributed by atoms with E-state index in [1.165, 1.54) is 12.0 Å². The molecule has 0 aromatic carbocycles. The van der Waals surface area contributed by atoms with Crippen LogP contribution in [-0.2, 0) is 22.6 Å². The average Bonchev–Trinajstić information content (AvgIpc) is 2.82. The van der Waals surface area contributed by atoms with Gasteiger partial charge in [-0.3, -0.25) is 0 Å². The van der Waals surface area contributed by atoms with Crippen molar-refractivity contribution >= 4 is 0 Å². The zero-order valence-electron chi connectivity index (χ0n) is 11.7. The summed E-state index contributed by atoms with van der Waals surface area (Å²) in [6, 6.07) is 2.14. The molecule has 1 heterocycles.